The Balaban J connectivity index is 2.10. The van der Waals surface area contributed by atoms with E-state index in [-0.39, 0.29) is 16.2 Å². The van der Waals surface area contributed by atoms with Crippen molar-refractivity contribution in [1.29, 1.82) is 0 Å². The van der Waals surface area contributed by atoms with Crippen LogP contribution in [0.3, 0.4) is 0 Å². The van der Waals surface area contributed by atoms with Gasteiger partial charge in [-0.15, -0.1) is 0 Å². The molecule has 0 saturated carbocycles. The molecule has 2 rings (SSSR count). The summed E-state index contributed by atoms with van der Waals surface area (Å²) in [5.41, 5.74) is 0.206. The van der Waals surface area contributed by atoms with Crippen molar-refractivity contribution in [3.8, 4) is 11.5 Å². The molecule has 2 aromatic carbocycles. The molecule has 0 heterocycles. The fourth-order valence-corrected chi connectivity index (χ4v) is 2.68. The van der Waals surface area contributed by atoms with E-state index in [1.807, 2.05) is 11.8 Å². The van der Waals surface area contributed by atoms with E-state index in [1.165, 1.54) is 42.5 Å². The highest BCUT2D eigenvalue weighted by atomic mass is 32.2. The quantitative estimate of drug-likeness (QED) is 0.572. The molecular weight excluding hydrogens is 354 g/mol. The molecule has 1 N–H and O–H groups in total. The number of hydrogen-bond acceptors (Lipinski definition) is 5. The van der Waals surface area contributed by atoms with Crippen molar-refractivity contribution in [3.63, 3.8) is 0 Å². The summed E-state index contributed by atoms with van der Waals surface area (Å²) in [6, 6.07) is 11.7. The summed E-state index contributed by atoms with van der Waals surface area (Å²) < 4.78 is 58.5. The summed E-state index contributed by atoms with van der Waals surface area (Å²) in [5.74, 6) is 0.435. The summed E-state index contributed by atoms with van der Waals surface area (Å²) in [6.45, 7) is -0.708. The van der Waals surface area contributed by atoms with Crippen LogP contribution in [0.5, 0.6) is 11.5 Å². The van der Waals surface area contributed by atoms with Crippen molar-refractivity contribution >= 4 is 16.2 Å². The molecule has 9 heteroatoms. The molecule has 0 atom stereocenters. The normalized spacial score (nSPS) is 11.7. The van der Waals surface area contributed by atoms with Crippen LogP contribution in [0, 0.1) is 0 Å². The van der Waals surface area contributed by atoms with Gasteiger partial charge in [-0.2, -0.15) is 22.3 Å². The van der Waals surface area contributed by atoms with Gasteiger partial charge >= 0.3 is 6.61 Å². The minimum Gasteiger partial charge on any atom is -0.494 e. The van der Waals surface area contributed by atoms with Crippen molar-refractivity contribution in [2.24, 2.45) is 5.10 Å². The second-order valence-electron chi connectivity index (χ2n) is 4.67. The number of halogens is 2. The molecule has 0 aromatic heterocycles. The average Bonchev–Trinajstić information content (AvgIpc) is 2.57. The predicted molar refractivity (Wildman–Crippen MR) is 88.6 cm³/mol. The molecule has 0 unspecified atom stereocenters. The van der Waals surface area contributed by atoms with Crippen LogP contribution in [0.2, 0.25) is 0 Å². The zero-order chi connectivity index (χ0) is 18.3. The van der Waals surface area contributed by atoms with E-state index in [0.29, 0.717) is 12.4 Å². The van der Waals surface area contributed by atoms with Crippen molar-refractivity contribution in [1.82, 2.24) is 4.83 Å². The highest BCUT2D eigenvalue weighted by Crippen LogP contribution is 2.19. The molecule has 0 saturated heterocycles. The molecule has 2 aromatic rings. The van der Waals surface area contributed by atoms with Gasteiger partial charge in [0.05, 0.1) is 17.7 Å². The maximum Gasteiger partial charge on any atom is 0.387 e. The molecule has 0 radical (unpaired) electrons. The van der Waals surface area contributed by atoms with Gasteiger partial charge in [0.15, 0.2) is 0 Å². The minimum absolute atomic E-state index is 0.00906. The number of sulfonamides is 1. The third kappa shape index (κ3) is 5.42. The van der Waals surface area contributed by atoms with E-state index < -0.39 is 16.6 Å². The van der Waals surface area contributed by atoms with Gasteiger partial charge in [0, 0.05) is 5.56 Å². The number of nitrogens with zero attached hydrogens (tertiary/aromatic N) is 1. The van der Waals surface area contributed by atoms with Crippen LogP contribution >= 0.6 is 0 Å². The summed E-state index contributed by atoms with van der Waals surface area (Å²) >= 11 is 0. The van der Waals surface area contributed by atoms with Gasteiger partial charge < -0.3 is 9.47 Å². The number of alkyl halides is 2. The molecule has 6 nitrogen and oxygen atoms in total. The second kappa shape index (κ2) is 8.43. The van der Waals surface area contributed by atoms with Gasteiger partial charge in [-0.05, 0) is 43.3 Å². The first kappa shape index (κ1) is 18.7. The van der Waals surface area contributed by atoms with Gasteiger partial charge in [-0.1, -0.05) is 12.1 Å². The van der Waals surface area contributed by atoms with E-state index in [1.54, 1.807) is 6.07 Å². The molecule has 0 aliphatic carbocycles. The Morgan fingerprint density at radius 3 is 2.48 bits per heavy atom. The highest BCUT2D eigenvalue weighted by molar-refractivity contribution is 7.89. The molecule has 0 amide bonds. The molecular formula is C16H16F2N2O4S. The Hall–Kier alpha value is -2.68. The number of hydrogen-bond donors (Lipinski definition) is 1. The first-order valence-electron chi connectivity index (χ1n) is 7.24. The molecule has 134 valence electrons. The fourth-order valence-electron chi connectivity index (χ4n) is 1.89. The van der Waals surface area contributed by atoms with Crippen LogP contribution in [0.15, 0.2) is 58.5 Å². The van der Waals surface area contributed by atoms with Gasteiger partial charge in [-0.25, -0.2) is 4.83 Å². The molecule has 0 fully saturated rings. The topological polar surface area (TPSA) is 77.0 Å². The van der Waals surface area contributed by atoms with Crippen LogP contribution in [0.1, 0.15) is 12.5 Å². The Kier molecular flexibility index (Phi) is 6.29. The summed E-state index contributed by atoms with van der Waals surface area (Å²) in [4.78, 5) is 2.00. The van der Waals surface area contributed by atoms with Crippen LogP contribution in [-0.2, 0) is 10.0 Å². The lowest BCUT2D eigenvalue weighted by Crippen LogP contribution is -2.18. The van der Waals surface area contributed by atoms with Gasteiger partial charge in [0.1, 0.15) is 11.5 Å². The van der Waals surface area contributed by atoms with Gasteiger partial charge in [-0.3, -0.25) is 0 Å². The molecule has 25 heavy (non-hydrogen) atoms. The van der Waals surface area contributed by atoms with Crippen molar-refractivity contribution < 1.29 is 26.7 Å². The fraction of sp³-hybridized carbons (Fsp3) is 0.188. The lowest BCUT2D eigenvalue weighted by Gasteiger charge is -2.08. The Labute approximate surface area is 144 Å². The first-order valence-corrected chi connectivity index (χ1v) is 8.72. The predicted octanol–water partition coefficient (Wildman–Crippen LogP) is 3.00. The van der Waals surface area contributed by atoms with Crippen LogP contribution in [0.4, 0.5) is 8.78 Å². The number of para-hydroxylation sites is 1. The number of hydrazone groups is 1. The maximum atomic E-state index is 12.3. The number of ether oxygens (including phenoxy) is 2. The smallest absolute Gasteiger partial charge is 0.387 e. The maximum absolute atomic E-state index is 12.3. The summed E-state index contributed by atoms with van der Waals surface area (Å²) in [7, 11) is -3.89. The lowest BCUT2D eigenvalue weighted by molar-refractivity contribution is -0.0499. The number of rotatable bonds is 8. The van der Waals surface area contributed by atoms with E-state index in [0.717, 1.165) is 6.21 Å². The summed E-state index contributed by atoms with van der Waals surface area (Å²) in [6.07, 6.45) is 1.09. The van der Waals surface area contributed by atoms with Crippen molar-refractivity contribution in [2.45, 2.75) is 18.4 Å². The molecule has 0 bridgehead atoms. The third-order valence-corrected chi connectivity index (χ3v) is 4.20. The van der Waals surface area contributed by atoms with E-state index in [2.05, 4.69) is 9.84 Å². The Morgan fingerprint density at radius 1 is 1.16 bits per heavy atom. The standard InChI is InChI=1S/C16H16F2N2O4S/c1-2-23-13-7-9-14(10-8-13)25(21,22)20-19-11-12-5-3-4-6-15(12)24-16(17)18/h3-11,16,20H,2H2,1H3/b19-11-. The zero-order valence-electron chi connectivity index (χ0n) is 13.2. The monoisotopic (exact) mass is 370 g/mol. The second-order valence-corrected chi connectivity index (χ2v) is 6.33. The molecule has 0 spiro atoms. The lowest BCUT2D eigenvalue weighted by atomic mass is 10.2. The number of benzene rings is 2. The SMILES string of the molecule is CCOc1ccc(S(=O)(=O)N/N=C\c2ccccc2OC(F)F)cc1. The molecule has 0 aliphatic heterocycles. The summed E-state index contributed by atoms with van der Waals surface area (Å²) in [5, 5.41) is 3.60. The Morgan fingerprint density at radius 2 is 1.84 bits per heavy atom. The van der Waals surface area contributed by atoms with Crippen LogP contribution < -0.4 is 14.3 Å². The van der Waals surface area contributed by atoms with Gasteiger partial charge in [0.25, 0.3) is 10.0 Å². The zero-order valence-corrected chi connectivity index (χ0v) is 14.0. The van der Waals surface area contributed by atoms with Crippen LogP contribution in [0.25, 0.3) is 0 Å². The van der Waals surface area contributed by atoms with Gasteiger partial charge in [0.2, 0.25) is 0 Å². The van der Waals surface area contributed by atoms with Crippen LogP contribution in [-0.4, -0.2) is 27.9 Å². The average molecular weight is 370 g/mol. The minimum atomic E-state index is -3.89. The van der Waals surface area contributed by atoms with E-state index in [9.17, 15) is 17.2 Å². The van der Waals surface area contributed by atoms with E-state index in [4.69, 9.17) is 4.74 Å². The number of nitrogens with one attached hydrogen (secondary N) is 1. The Bertz CT molecular complexity index is 824. The van der Waals surface area contributed by atoms with E-state index >= 15 is 0 Å². The van der Waals surface area contributed by atoms with Crippen molar-refractivity contribution in [3.05, 3.63) is 54.1 Å². The van der Waals surface area contributed by atoms with Crippen molar-refractivity contribution in [2.75, 3.05) is 6.61 Å². The molecule has 0 aliphatic rings. The largest absolute Gasteiger partial charge is 0.494 e. The highest BCUT2D eigenvalue weighted by Gasteiger charge is 2.13. The first-order chi connectivity index (χ1) is 11.9. The third-order valence-electron chi connectivity index (χ3n) is 2.96.